The smallest absolute Gasteiger partial charge is 0.143 e. The molecule has 0 aliphatic carbocycles. The summed E-state index contributed by atoms with van der Waals surface area (Å²) in [7, 11) is -0.622. The van der Waals surface area contributed by atoms with Crippen LogP contribution in [0.1, 0.15) is 18.4 Å². The van der Waals surface area contributed by atoms with Gasteiger partial charge < -0.3 is 5.32 Å². The van der Waals surface area contributed by atoms with Gasteiger partial charge in [-0.2, -0.15) is 0 Å². The van der Waals surface area contributed by atoms with Crippen LogP contribution < -0.4 is 5.32 Å². The first-order valence-corrected chi connectivity index (χ1v) is 8.17. The van der Waals surface area contributed by atoms with Crippen molar-refractivity contribution in [3.05, 3.63) is 30.1 Å². The third-order valence-corrected chi connectivity index (χ3v) is 4.95. The molecule has 0 atom stereocenters. The second-order valence-electron chi connectivity index (χ2n) is 5.02. The van der Waals surface area contributed by atoms with Crippen LogP contribution in [0.5, 0.6) is 0 Å². The maximum atomic E-state index is 11.4. The lowest BCUT2D eigenvalue weighted by atomic mass is 10.1. The van der Waals surface area contributed by atoms with Gasteiger partial charge in [0.1, 0.15) is 6.33 Å². The molecule has 0 bridgehead atoms. The molecule has 2 aromatic rings. The van der Waals surface area contributed by atoms with E-state index >= 15 is 0 Å². The highest BCUT2D eigenvalue weighted by Crippen LogP contribution is 2.21. The number of tetrazole rings is 1. The van der Waals surface area contributed by atoms with E-state index < -0.39 is 10.8 Å². The SMILES string of the molecule is Cc1ccc(NC2CCS(=O)CC2)cc1-n1cnnn1. The molecular formula is C13H17N5OS. The highest BCUT2D eigenvalue weighted by Gasteiger charge is 2.17. The van der Waals surface area contributed by atoms with Gasteiger partial charge in [0, 0.05) is 34.0 Å². The first kappa shape index (κ1) is 13.2. The molecule has 1 aromatic carbocycles. The normalized spacial score (nSPS) is 22.6. The summed E-state index contributed by atoms with van der Waals surface area (Å²) in [5, 5.41) is 14.8. The molecule has 1 N–H and O–H groups in total. The average molecular weight is 291 g/mol. The van der Waals surface area contributed by atoms with Crippen LogP contribution in [-0.4, -0.2) is 42.0 Å². The van der Waals surface area contributed by atoms with E-state index in [1.165, 1.54) is 0 Å². The molecule has 7 heteroatoms. The van der Waals surface area contributed by atoms with Crippen LogP contribution in [0.15, 0.2) is 24.5 Å². The van der Waals surface area contributed by atoms with E-state index in [1.807, 2.05) is 6.92 Å². The van der Waals surface area contributed by atoms with Gasteiger partial charge in [-0.05, 0) is 47.9 Å². The first-order chi connectivity index (χ1) is 9.72. The van der Waals surface area contributed by atoms with E-state index in [1.54, 1.807) is 11.0 Å². The lowest BCUT2D eigenvalue weighted by Crippen LogP contribution is -2.29. The molecule has 106 valence electrons. The van der Waals surface area contributed by atoms with Gasteiger partial charge in [0.05, 0.1) is 5.69 Å². The Morgan fingerprint density at radius 2 is 2.15 bits per heavy atom. The zero-order valence-electron chi connectivity index (χ0n) is 11.3. The maximum Gasteiger partial charge on any atom is 0.143 e. The summed E-state index contributed by atoms with van der Waals surface area (Å²) in [6.45, 7) is 2.03. The van der Waals surface area contributed by atoms with Crippen LogP contribution in [0.25, 0.3) is 5.69 Å². The molecule has 0 saturated carbocycles. The minimum absolute atomic E-state index is 0.400. The van der Waals surface area contributed by atoms with E-state index in [9.17, 15) is 4.21 Å². The van der Waals surface area contributed by atoms with Crippen molar-refractivity contribution in [2.24, 2.45) is 0 Å². The second-order valence-corrected chi connectivity index (χ2v) is 6.72. The fraction of sp³-hybridized carbons (Fsp3) is 0.462. The quantitative estimate of drug-likeness (QED) is 0.922. The molecule has 1 aromatic heterocycles. The maximum absolute atomic E-state index is 11.4. The van der Waals surface area contributed by atoms with Gasteiger partial charge in [-0.3, -0.25) is 4.21 Å². The molecule has 6 nitrogen and oxygen atoms in total. The summed E-state index contributed by atoms with van der Waals surface area (Å²) in [6.07, 6.45) is 3.51. The van der Waals surface area contributed by atoms with Crippen molar-refractivity contribution < 1.29 is 4.21 Å². The molecular weight excluding hydrogens is 274 g/mol. The van der Waals surface area contributed by atoms with Crippen LogP contribution in [0.4, 0.5) is 5.69 Å². The number of aromatic nitrogens is 4. The molecule has 2 heterocycles. The highest BCUT2D eigenvalue weighted by atomic mass is 32.2. The molecule has 0 amide bonds. The Bertz CT molecular complexity index is 603. The van der Waals surface area contributed by atoms with E-state index in [-0.39, 0.29) is 0 Å². The number of benzene rings is 1. The van der Waals surface area contributed by atoms with E-state index in [0.29, 0.717) is 6.04 Å². The lowest BCUT2D eigenvalue weighted by Gasteiger charge is -2.24. The summed E-state index contributed by atoms with van der Waals surface area (Å²) < 4.78 is 13.0. The molecule has 1 fully saturated rings. The number of hydrogen-bond acceptors (Lipinski definition) is 5. The Hall–Kier alpha value is -1.76. The zero-order valence-corrected chi connectivity index (χ0v) is 12.1. The highest BCUT2D eigenvalue weighted by molar-refractivity contribution is 7.85. The van der Waals surface area contributed by atoms with Crippen LogP contribution in [-0.2, 0) is 10.8 Å². The van der Waals surface area contributed by atoms with Crippen molar-refractivity contribution in [3.63, 3.8) is 0 Å². The van der Waals surface area contributed by atoms with Gasteiger partial charge in [0.15, 0.2) is 0 Å². The zero-order chi connectivity index (χ0) is 13.9. The molecule has 0 spiro atoms. The van der Waals surface area contributed by atoms with Crippen LogP contribution in [0.2, 0.25) is 0 Å². The van der Waals surface area contributed by atoms with E-state index in [0.717, 1.165) is 41.3 Å². The molecule has 0 unspecified atom stereocenters. The third kappa shape index (κ3) is 2.87. The Balaban J connectivity index is 1.77. The fourth-order valence-electron chi connectivity index (χ4n) is 2.39. The minimum Gasteiger partial charge on any atom is -0.382 e. The number of anilines is 1. The number of hydrogen-bond donors (Lipinski definition) is 1. The number of nitrogens with one attached hydrogen (secondary N) is 1. The van der Waals surface area contributed by atoms with Crippen LogP contribution >= 0.6 is 0 Å². The first-order valence-electron chi connectivity index (χ1n) is 6.68. The summed E-state index contributed by atoms with van der Waals surface area (Å²) in [5.41, 5.74) is 3.14. The Kier molecular flexibility index (Phi) is 3.77. The predicted molar refractivity (Wildman–Crippen MR) is 78.4 cm³/mol. The Morgan fingerprint density at radius 3 is 2.85 bits per heavy atom. The van der Waals surface area contributed by atoms with Gasteiger partial charge in [-0.15, -0.1) is 5.10 Å². The fourth-order valence-corrected chi connectivity index (χ4v) is 3.69. The molecule has 3 rings (SSSR count). The lowest BCUT2D eigenvalue weighted by molar-refractivity contribution is 0.624. The Morgan fingerprint density at radius 1 is 1.35 bits per heavy atom. The van der Waals surface area contributed by atoms with Gasteiger partial charge in [-0.25, -0.2) is 4.68 Å². The van der Waals surface area contributed by atoms with Crippen LogP contribution in [0, 0.1) is 6.92 Å². The molecule has 0 radical (unpaired) electrons. The molecule has 20 heavy (non-hydrogen) atoms. The van der Waals surface area contributed by atoms with Crippen molar-refractivity contribution in [3.8, 4) is 5.69 Å². The van der Waals surface area contributed by atoms with E-state index in [2.05, 4.69) is 39.0 Å². The van der Waals surface area contributed by atoms with Crippen molar-refractivity contribution in [1.82, 2.24) is 20.2 Å². The van der Waals surface area contributed by atoms with Crippen molar-refractivity contribution in [2.75, 3.05) is 16.8 Å². The summed E-state index contributed by atoms with van der Waals surface area (Å²) in [4.78, 5) is 0. The third-order valence-electron chi connectivity index (χ3n) is 3.56. The molecule has 1 aliphatic heterocycles. The van der Waals surface area contributed by atoms with Crippen molar-refractivity contribution in [2.45, 2.75) is 25.8 Å². The number of nitrogens with zero attached hydrogens (tertiary/aromatic N) is 4. The number of aryl methyl sites for hydroxylation is 1. The Labute approximate surface area is 120 Å². The monoisotopic (exact) mass is 291 g/mol. The van der Waals surface area contributed by atoms with Crippen molar-refractivity contribution in [1.29, 1.82) is 0 Å². The van der Waals surface area contributed by atoms with Gasteiger partial charge in [0.25, 0.3) is 0 Å². The second kappa shape index (κ2) is 5.70. The summed E-state index contributed by atoms with van der Waals surface area (Å²) in [6, 6.07) is 6.57. The van der Waals surface area contributed by atoms with Gasteiger partial charge >= 0.3 is 0 Å². The topological polar surface area (TPSA) is 72.7 Å². The summed E-state index contributed by atoms with van der Waals surface area (Å²) in [5.74, 6) is 1.59. The van der Waals surface area contributed by atoms with Gasteiger partial charge in [-0.1, -0.05) is 6.07 Å². The summed E-state index contributed by atoms with van der Waals surface area (Å²) >= 11 is 0. The average Bonchev–Trinajstić information content (AvgIpc) is 2.97. The minimum atomic E-state index is -0.622. The molecule has 1 aliphatic rings. The van der Waals surface area contributed by atoms with Crippen LogP contribution in [0.3, 0.4) is 0 Å². The number of rotatable bonds is 3. The molecule has 1 saturated heterocycles. The van der Waals surface area contributed by atoms with Gasteiger partial charge in [0.2, 0.25) is 0 Å². The van der Waals surface area contributed by atoms with Crippen molar-refractivity contribution >= 4 is 16.5 Å². The van der Waals surface area contributed by atoms with E-state index in [4.69, 9.17) is 0 Å². The standard InChI is InChI=1S/C13H17N5OS/c1-10-2-3-12(8-13(10)18-9-14-16-17-18)15-11-4-6-20(19)7-5-11/h2-3,8-9,11,15H,4-7H2,1H3. The largest absolute Gasteiger partial charge is 0.382 e. The predicted octanol–water partition coefficient (Wildman–Crippen LogP) is 1.29.